The molecule has 1 aromatic heterocycles. The zero-order valence-corrected chi connectivity index (χ0v) is 11.4. The van der Waals surface area contributed by atoms with Gasteiger partial charge >= 0.3 is 0 Å². The van der Waals surface area contributed by atoms with Gasteiger partial charge in [0.2, 0.25) is 0 Å². The summed E-state index contributed by atoms with van der Waals surface area (Å²) in [5, 5.41) is 4.17. The second kappa shape index (κ2) is 7.21. The number of halogens is 1. The first-order valence-electron chi connectivity index (χ1n) is 5.95. The van der Waals surface area contributed by atoms with Gasteiger partial charge in [0.05, 0.1) is 5.02 Å². The standard InChI is InChI=1S/C12H18ClN3S/c13-12-10-14-2-1-11(12)9-15-3-4-16-5-7-17-8-6-16/h1-2,10,15H,3-9H2. The van der Waals surface area contributed by atoms with Gasteiger partial charge in [0.15, 0.2) is 0 Å². The highest BCUT2D eigenvalue weighted by Crippen LogP contribution is 2.12. The van der Waals surface area contributed by atoms with Gasteiger partial charge in [-0.1, -0.05) is 11.6 Å². The average molecular weight is 272 g/mol. The molecule has 1 aliphatic heterocycles. The van der Waals surface area contributed by atoms with Crippen LogP contribution in [0.1, 0.15) is 5.56 Å². The monoisotopic (exact) mass is 271 g/mol. The van der Waals surface area contributed by atoms with E-state index in [2.05, 4.69) is 27.0 Å². The minimum atomic E-state index is 0.745. The molecule has 1 saturated heterocycles. The molecule has 0 atom stereocenters. The summed E-state index contributed by atoms with van der Waals surface area (Å²) in [6.07, 6.45) is 3.48. The third-order valence-electron chi connectivity index (χ3n) is 2.88. The maximum Gasteiger partial charge on any atom is 0.0634 e. The Kier molecular flexibility index (Phi) is 5.58. The van der Waals surface area contributed by atoms with Crippen LogP contribution in [0.2, 0.25) is 5.02 Å². The van der Waals surface area contributed by atoms with Crippen LogP contribution in [0.5, 0.6) is 0 Å². The van der Waals surface area contributed by atoms with Crippen molar-refractivity contribution in [2.75, 3.05) is 37.7 Å². The maximum atomic E-state index is 6.04. The first-order chi connectivity index (χ1) is 8.36. The van der Waals surface area contributed by atoms with E-state index in [-0.39, 0.29) is 0 Å². The number of nitrogens with one attached hydrogen (secondary N) is 1. The van der Waals surface area contributed by atoms with Crippen LogP contribution in [0.25, 0.3) is 0 Å². The van der Waals surface area contributed by atoms with Gasteiger partial charge in [0.1, 0.15) is 0 Å². The van der Waals surface area contributed by atoms with Crippen LogP contribution < -0.4 is 5.32 Å². The molecule has 0 spiro atoms. The van der Waals surface area contributed by atoms with Crippen LogP contribution >= 0.6 is 23.4 Å². The Morgan fingerprint density at radius 2 is 2.24 bits per heavy atom. The van der Waals surface area contributed by atoms with Gasteiger partial charge in [0, 0.05) is 56.6 Å². The summed E-state index contributed by atoms with van der Waals surface area (Å²) in [5.74, 6) is 2.55. The Hall–Kier alpha value is -0.290. The number of thioether (sulfide) groups is 1. The topological polar surface area (TPSA) is 28.2 Å². The highest BCUT2D eigenvalue weighted by molar-refractivity contribution is 7.99. The van der Waals surface area contributed by atoms with Crippen molar-refractivity contribution < 1.29 is 0 Å². The molecule has 1 aromatic rings. The van der Waals surface area contributed by atoms with Gasteiger partial charge in [-0.05, 0) is 11.6 Å². The molecule has 0 aromatic carbocycles. The largest absolute Gasteiger partial charge is 0.311 e. The molecule has 0 amide bonds. The van der Waals surface area contributed by atoms with Gasteiger partial charge in [-0.25, -0.2) is 0 Å². The van der Waals surface area contributed by atoms with Crippen molar-refractivity contribution in [2.45, 2.75) is 6.54 Å². The highest BCUT2D eigenvalue weighted by Gasteiger charge is 2.09. The Bertz CT molecular complexity index is 342. The summed E-state index contributed by atoms with van der Waals surface area (Å²) in [5.41, 5.74) is 1.12. The predicted molar refractivity (Wildman–Crippen MR) is 74.7 cm³/mol. The normalized spacial score (nSPS) is 17.2. The van der Waals surface area contributed by atoms with E-state index < -0.39 is 0 Å². The lowest BCUT2D eigenvalue weighted by molar-refractivity contribution is 0.301. The van der Waals surface area contributed by atoms with E-state index >= 15 is 0 Å². The molecule has 17 heavy (non-hydrogen) atoms. The van der Waals surface area contributed by atoms with Crippen LogP contribution in [-0.4, -0.2) is 47.6 Å². The summed E-state index contributed by atoms with van der Waals surface area (Å²) in [4.78, 5) is 6.49. The summed E-state index contributed by atoms with van der Waals surface area (Å²) < 4.78 is 0. The Labute approximate surface area is 112 Å². The van der Waals surface area contributed by atoms with E-state index in [0.29, 0.717) is 0 Å². The third-order valence-corrected chi connectivity index (χ3v) is 4.16. The molecule has 0 unspecified atom stereocenters. The van der Waals surface area contributed by atoms with Crippen molar-refractivity contribution in [1.29, 1.82) is 0 Å². The van der Waals surface area contributed by atoms with E-state index in [1.165, 1.54) is 24.6 Å². The summed E-state index contributed by atoms with van der Waals surface area (Å²) in [7, 11) is 0. The molecule has 0 radical (unpaired) electrons. The quantitative estimate of drug-likeness (QED) is 0.828. The van der Waals surface area contributed by atoms with Crippen molar-refractivity contribution in [3.05, 3.63) is 29.0 Å². The molecule has 5 heteroatoms. The number of nitrogens with zero attached hydrogens (tertiary/aromatic N) is 2. The molecule has 3 nitrogen and oxygen atoms in total. The lowest BCUT2D eigenvalue weighted by Gasteiger charge is -2.26. The fraction of sp³-hybridized carbons (Fsp3) is 0.583. The van der Waals surface area contributed by atoms with Gasteiger partial charge in [-0.2, -0.15) is 11.8 Å². The highest BCUT2D eigenvalue weighted by atomic mass is 35.5. The van der Waals surface area contributed by atoms with E-state index in [1.807, 2.05) is 6.07 Å². The molecule has 1 fully saturated rings. The van der Waals surface area contributed by atoms with E-state index in [0.717, 1.165) is 30.2 Å². The summed E-state index contributed by atoms with van der Waals surface area (Å²) >= 11 is 8.09. The second-order valence-electron chi connectivity index (χ2n) is 4.10. The number of rotatable bonds is 5. The van der Waals surface area contributed by atoms with Crippen LogP contribution in [0.15, 0.2) is 18.5 Å². The lowest BCUT2D eigenvalue weighted by atomic mass is 10.2. The molecule has 0 saturated carbocycles. The van der Waals surface area contributed by atoms with Crippen LogP contribution in [0, 0.1) is 0 Å². The Balaban J connectivity index is 1.64. The number of hydrogen-bond donors (Lipinski definition) is 1. The predicted octanol–water partition coefficient (Wildman–Crippen LogP) is 1.87. The lowest BCUT2D eigenvalue weighted by Crippen LogP contribution is -2.37. The molecular formula is C12H18ClN3S. The fourth-order valence-electron chi connectivity index (χ4n) is 1.83. The second-order valence-corrected chi connectivity index (χ2v) is 5.73. The first kappa shape index (κ1) is 13.1. The minimum absolute atomic E-state index is 0.745. The molecule has 0 bridgehead atoms. The Morgan fingerprint density at radius 1 is 1.41 bits per heavy atom. The number of pyridine rings is 1. The van der Waals surface area contributed by atoms with Crippen molar-refractivity contribution in [3.8, 4) is 0 Å². The van der Waals surface area contributed by atoms with Crippen LogP contribution in [0.3, 0.4) is 0 Å². The van der Waals surface area contributed by atoms with E-state index in [9.17, 15) is 0 Å². The third kappa shape index (κ3) is 4.47. The van der Waals surface area contributed by atoms with Crippen molar-refractivity contribution >= 4 is 23.4 Å². The average Bonchev–Trinajstić information content (AvgIpc) is 2.38. The maximum absolute atomic E-state index is 6.04. The Morgan fingerprint density at radius 3 is 3.00 bits per heavy atom. The molecule has 2 heterocycles. The van der Waals surface area contributed by atoms with Gasteiger partial charge in [-0.15, -0.1) is 0 Å². The van der Waals surface area contributed by atoms with E-state index in [4.69, 9.17) is 11.6 Å². The van der Waals surface area contributed by atoms with Gasteiger partial charge in [-0.3, -0.25) is 4.98 Å². The van der Waals surface area contributed by atoms with Crippen molar-refractivity contribution in [2.24, 2.45) is 0 Å². The van der Waals surface area contributed by atoms with Crippen LogP contribution in [0.4, 0.5) is 0 Å². The summed E-state index contributed by atoms with van der Waals surface area (Å²) in [6.45, 7) is 5.42. The zero-order valence-electron chi connectivity index (χ0n) is 9.86. The minimum Gasteiger partial charge on any atom is -0.311 e. The molecule has 94 valence electrons. The van der Waals surface area contributed by atoms with Gasteiger partial charge < -0.3 is 10.2 Å². The first-order valence-corrected chi connectivity index (χ1v) is 7.49. The van der Waals surface area contributed by atoms with Gasteiger partial charge in [0.25, 0.3) is 0 Å². The van der Waals surface area contributed by atoms with Crippen LogP contribution in [-0.2, 0) is 6.54 Å². The molecule has 0 aliphatic carbocycles. The molecule has 2 rings (SSSR count). The SMILES string of the molecule is Clc1cnccc1CNCCN1CCSCC1. The fourth-order valence-corrected chi connectivity index (χ4v) is 3.00. The summed E-state index contributed by atoms with van der Waals surface area (Å²) in [6, 6.07) is 1.97. The van der Waals surface area contributed by atoms with Crippen molar-refractivity contribution in [3.63, 3.8) is 0 Å². The smallest absolute Gasteiger partial charge is 0.0634 e. The number of aromatic nitrogens is 1. The molecule has 1 N–H and O–H groups in total. The number of hydrogen-bond acceptors (Lipinski definition) is 4. The molecule has 1 aliphatic rings. The zero-order chi connectivity index (χ0) is 11.9. The molecular weight excluding hydrogens is 254 g/mol. The van der Waals surface area contributed by atoms with Crippen molar-refractivity contribution in [1.82, 2.24) is 15.2 Å². The van der Waals surface area contributed by atoms with E-state index in [1.54, 1.807) is 12.4 Å².